The molecule has 5 nitrogen and oxygen atoms in total. The van der Waals surface area contributed by atoms with Gasteiger partial charge in [0.15, 0.2) is 0 Å². The quantitative estimate of drug-likeness (QED) is 0.687. The minimum atomic E-state index is -4.69. The first-order chi connectivity index (χ1) is 13.3. The second-order valence-electron chi connectivity index (χ2n) is 6.50. The maximum absolute atomic E-state index is 13.0. The van der Waals surface area contributed by atoms with E-state index in [0.717, 1.165) is 22.2 Å². The molecule has 0 radical (unpaired) electrons. The molecule has 0 saturated carbocycles. The number of hydrogen-bond donors (Lipinski definition) is 1. The second-order valence-corrected chi connectivity index (χ2v) is 8.77. The van der Waals surface area contributed by atoms with Gasteiger partial charge in [0.2, 0.25) is 15.9 Å². The zero-order chi connectivity index (χ0) is 22.0. The molecule has 0 aliphatic rings. The molecular formula is C19H20ClF3N2O3S. The maximum atomic E-state index is 13.0. The number of hydrogen-bond acceptors (Lipinski definition) is 3. The van der Waals surface area contributed by atoms with E-state index in [-0.39, 0.29) is 17.8 Å². The Kier molecular flexibility index (Phi) is 6.85. The first-order valence-corrected chi connectivity index (χ1v) is 10.8. The molecule has 1 atom stereocenters. The van der Waals surface area contributed by atoms with Gasteiger partial charge in [-0.15, -0.1) is 0 Å². The van der Waals surface area contributed by atoms with Crippen LogP contribution in [0.25, 0.3) is 0 Å². The van der Waals surface area contributed by atoms with Crippen molar-refractivity contribution in [2.24, 2.45) is 0 Å². The van der Waals surface area contributed by atoms with Gasteiger partial charge in [-0.1, -0.05) is 36.2 Å². The highest BCUT2D eigenvalue weighted by atomic mass is 35.5. The minimum Gasteiger partial charge on any atom is -0.324 e. The first-order valence-electron chi connectivity index (χ1n) is 8.58. The van der Waals surface area contributed by atoms with E-state index < -0.39 is 38.7 Å². The fraction of sp³-hybridized carbons (Fsp3) is 0.316. The molecule has 0 aliphatic carbocycles. The van der Waals surface area contributed by atoms with Crippen LogP contribution in [0.15, 0.2) is 42.5 Å². The number of carbonyl (C=O) groups excluding carboxylic acids is 1. The van der Waals surface area contributed by atoms with Gasteiger partial charge in [0, 0.05) is 5.69 Å². The lowest BCUT2D eigenvalue weighted by Crippen LogP contribution is -2.47. The van der Waals surface area contributed by atoms with Crippen LogP contribution in [0, 0.1) is 6.92 Å². The van der Waals surface area contributed by atoms with Crippen molar-refractivity contribution >= 4 is 38.9 Å². The van der Waals surface area contributed by atoms with Gasteiger partial charge in [-0.25, -0.2) is 8.42 Å². The van der Waals surface area contributed by atoms with Crippen LogP contribution in [0.5, 0.6) is 0 Å². The lowest BCUT2D eigenvalue weighted by molar-refractivity contribution is -0.137. The molecule has 1 N–H and O–H groups in total. The van der Waals surface area contributed by atoms with E-state index in [1.165, 1.54) is 6.07 Å². The first kappa shape index (κ1) is 23.0. The number of aryl methyl sites for hydroxylation is 1. The molecule has 0 heterocycles. The van der Waals surface area contributed by atoms with Crippen molar-refractivity contribution in [3.05, 3.63) is 58.6 Å². The lowest BCUT2D eigenvalue weighted by atomic mass is 10.1. The van der Waals surface area contributed by atoms with Crippen molar-refractivity contribution in [1.29, 1.82) is 0 Å². The van der Waals surface area contributed by atoms with Gasteiger partial charge in [-0.3, -0.25) is 9.10 Å². The summed E-state index contributed by atoms with van der Waals surface area (Å²) in [7, 11) is -3.85. The van der Waals surface area contributed by atoms with Crippen molar-refractivity contribution in [1.82, 2.24) is 0 Å². The van der Waals surface area contributed by atoms with E-state index in [1.54, 1.807) is 31.2 Å². The molecule has 0 saturated heterocycles. The molecule has 10 heteroatoms. The largest absolute Gasteiger partial charge is 0.417 e. The zero-order valence-electron chi connectivity index (χ0n) is 15.9. The van der Waals surface area contributed by atoms with Gasteiger partial charge >= 0.3 is 6.18 Å². The van der Waals surface area contributed by atoms with Gasteiger partial charge in [0.05, 0.1) is 22.5 Å². The van der Waals surface area contributed by atoms with E-state index in [2.05, 4.69) is 5.32 Å². The molecule has 29 heavy (non-hydrogen) atoms. The highest BCUT2D eigenvalue weighted by molar-refractivity contribution is 7.92. The van der Waals surface area contributed by atoms with Gasteiger partial charge in [0.1, 0.15) is 6.04 Å². The third kappa shape index (κ3) is 5.63. The number of nitrogens with one attached hydrogen (secondary N) is 1. The summed E-state index contributed by atoms with van der Waals surface area (Å²) in [6, 6.07) is 8.34. The molecule has 158 valence electrons. The van der Waals surface area contributed by atoms with Gasteiger partial charge in [-0.2, -0.15) is 13.2 Å². The average molecular weight is 449 g/mol. The Morgan fingerprint density at radius 3 is 2.24 bits per heavy atom. The number of carbonyl (C=O) groups is 1. The molecule has 0 aliphatic heterocycles. The SMILES string of the molecule is CC[C@@H](C(=O)Nc1ccc(Cl)c(C(F)(F)F)c1)N(c1ccc(C)cc1)S(C)(=O)=O. The zero-order valence-corrected chi connectivity index (χ0v) is 17.5. The summed E-state index contributed by atoms with van der Waals surface area (Å²) in [5.41, 5.74) is -0.0428. The van der Waals surface area contributed by atoms with Crippen LogP contribution in [0.4, 0.5) is 24.5 Å². The van der Waals surface area contributed by atoms with Crippen LogP contribution in [0.2, 0.25) is 5.02 Å². The molecule has 2 rings (SSSR count). The Morgan fingerprint density at radius 2 is 1.76 bits per heavy atom. The highest BCUT2D eigenvalue weighted by Gasteiger charge is 2.35. The molecular weight excluding hydrogens is 429 g/mol. The predicted octanol–water partition coefficient (Wildman–Crippen LogP) is 4.85. The van der Waals surface area contributed by atoms with E-state index >= 15 is 0 Å². The monoisotopic (exact) mass is 448 g/mol. The summed E-state index contributed by atoms with van der Waals surface area (Å²) in [6.07, 6.45) is -3.62. The van der Waals surface area contributed by atoms with E-state index in [4.69, 9.17) is 11.6 Å². The number of amides is 1. The second kappa shape index (κ2) is 8.62. The predicted molar refractivity (Wildman–Crippen MR) is 108 cm³/mol. The third-order valence-electron chi connectivity index (χ3n) is 4.16. The standard InChI is InChI=1S/C19H20ClF3N2O3S/c1-4-17(25(29(3,27)28)14-8-5-12(2)6-9-14)18(26)24-13-7-10-16(20)15(11-13)19(21,22)23/h5-11,17H,4H2,1-3H3,(H,24,26)/t17-/m0/s1. The highest BCUT2D eigenvalue weighted by Crippen LogP contribution is 2.36. The number of anilines is 2. The molecule has 0 fully saturated rings. The molecule has 2 aromatic rings. The number of rotatable bonds is 6. The summed E-state index contributed by atoms with van der Waals surface area (Å²) in [6.45, 7) is 3.44. The molecule has 2 aromatic carbocycles. The van der Waals surface area contributed by atoms with Crippen LogP contribution in [0.3, 0.4) is 0 Å². The molecule has 0 unspecified atom stereocenters. The van der Waals surface area contributed by atoms with E-state index in [0.29, 0.717) is 6.07 Å². The van der Waals surface area contributed by atoms with Gasteiger partial charge in [-0.05, 0) is 43.7 Å². The minimum absolute atomic E-state index is 0.104. The molecule has 0 spiro atoms. The number of alkyl halides is 3. The molecule has 0 bridgehead atoms. The van der Waals surface area contributed by atoms with Crippen molar-refractivity contribution in [3.63, 3.8) is 0 Å². The van der Waals surface area contributed by atoms with Crippen LogP contribution in [-0.2, 0) is 21.0 Å². The van der Waals surface area contributed by atoms with Crippen LogP contribution >= 0.6 is 11.6 Å². The Morgan fingerprint density at radius 1 is 1.17 bits per heavy atom. The van der Waals surface area contributed by atoms with Gasteiger partial charge in [0.25, 0.3) is 0 Å². The summed E-state index contributed by atoms with van der Waals surface area (Å²) in [5.74, 6) is -0.756. The lowest BCUT2D eigenvalue weighted by Gasteiger charge is -2.30. The normalized spacial score (nSPS) is 13.1. The Balaban J connectivity index is 2.39. The third-order valence-corrected chi connectivity index (χ3v) is 5.67. The van der Waals surface area contributed by atoms with Crippen LogP contribution in [-0.4, -0.2) is 26.6 Å². The number of benzene rings is 2. The Bertz CT molecular complexity index is 993. The number of nitrogens with zero attached hydrogens (tertiary/aromatic N) is 1. The van der Waals surface area contributed by atoms with Crippen molar-refractivity contribution < 1.29 is 26.4 Å². The van der Waals surface area contributed by atoms with Crippen LogP contribution in [0.1, 0.15) is 24.5 Å². The number of halogens is 4. The molecule has 1 amide bonds. The van der Waals surface area contributed by atoms with E-state index in [9.17, 15) is 26.4 Å². The summed E-state index contributed by atoms with van der Waals surface area (Å²) < 4.78 is 64.9. The summed E-state index contributed by atoms with van der Waals surface area (Å²) in [4.78, 5) is 12.8. The fourth-order valence-corrected chi connectivity index (χ4v) is 4.23. The fourth-order valence-electron chi connectivity index (χ4n) is 2.80. The average Bonchev–Trinajstić information content (AvgIpc) is 2.60. The van der Waals surface area contributed by atoms with Crippen molar-refractivity contribution in [2.75, 3.05) is 15.9 Å². The summed E-state index contributed by atoms with van der Waals surface area (Å²) in [5, 5.41) is 1.86. The Labute approximate surface area is 172 Å². The van der Waals surface area contributed by atoms with Crippen LogP contribution < -0.4 is 9.62 Å². The smallest absolute Gasteiger partial charge is 0.324 e. The Hall–Kier alpha value is -2.26. The molecule has 0 aromatic heterocycles. The van der Waals surface area contributed by atoms with E-state index in [1.807, 2.05) is 6.92 Å². The summed E-state index contributed by atoms with van der Waals surface area (Å²) >= 11 is 5.59. The van der Waals surface area contributed by atoms with Crippen molar-refractivity contribution in [3.8, 4) is 0 Å². The topological polar surface area (TPSA) is 66.5 Å². The van der Waals surface area contributed by atoms with Gasteiger partial charge < -0.3 is 5.32 Å². The number of sulfonamides is 1. The van der Waals surface area contributed by atoms with Crippen molar-refractivity contribution in [2.45, 2.75) is 32.5 Å². The maximum Gasteiger partial charge on any atom is 0.417 e.